The van der Waals surface area contributed by atoms with Crippen molar-refractivity contribution in [3.05, 3.63) is 18.1 Å². The van der Waals surface area contributed by atoms with Crippen LogP contribution in [-0.2, 0) is 0 Å². The average molecular weight is 194 g/mol. The molecule has 0 unspecified atom stereocenters. The molecule has 0 amide bonds. The first kappa shape index (κ1) is 10.6. The number of hydrogen-bond donors (Lipinski definition) is 0. The highest BCUT2D eigenvalue weighted by Crippen LogP contribution is 2.19. The maximum atomic E-state index is 11.8. The Kier molecular flexibility index (Phi) is 2.84. The number of rotatable bonds is 2. The summed E-state index contributed by atoms with van der Waals surface area (Å²) in [4.78, 5) is 19.7. The molecule has 4 heteroatoms. The van der Waals surface area contributed by atoms with Gasteiger partial charge < -0.3 is 4.74 Å². The van der Waals surface area contributed by atoms with Gasteiger partial charge in [-0.1, -0.05) is 20.8 Å². The predicted octanol–water partition coefficient (Wildman–Crippen LogP) is 1.71. The Balaban J connectivity index is 3.02. The highest BCUT2D eigenvalue weighted by atomic mass is 16.5. The van der Waals surface area contributed by atoms with E-state index in [2.05, 4.69) is 9.97 Å². The Labute approximate surface area is 83.3 Å². The molecular formula is C10H14N2O2. The number of hydrogen-bond acceptors (Lipinski definition) is 4. The van der Waals surface area contributed by atoms with Gasteiger partial charge in [-0.2, -0.15) is 0 Å². The molecule has 1 heterocycles. The number of ketones is 1. The van der Waals surface area contributed by atoms with Gasteiger partial charge in [0, 0.05) is 5.41 Å². The van der Waals surface area contributed by atoms with Gasteiger partial charge in [0.15, 0.2) is 5.78 Å². The van der Waals surface area contributed by atoms with E-state index in [0.29, 0.717) is 11.6 Å². The van der Waals surface area contributed by atoms with E-state index in [9.17, 15) is 4.79 Å². The third kappa shape index (κ3) is 2.28. The van der Waals surface area contributed by atoms with Crippen molar-refractivity contribution in [2.75, 3.05) is 7.11 Å². The number of aromatic nitrogens is 2. The van der Waals surface area contributed by atoms with Crippen LogP contribution in [0.2, 0.25) is 0 Å². The summed E-state index contributed by atoms with van der Waals surface area (Å²) in [6, 6.07) is 0. The first-order valence-corrected chi connectivity index (χ1v) is 4.36. The minimum absolute atomic E-state index is 0.0381. The molecule has 0 aromatic carbocycles. The predicted molar refractivity (Wildman–Crippen MR) is 52.4 cm³/mol. The SMILES string of the molecule is COc1cncc(C(=O)C(C)(C)C)n1. The quantitative estimate of drug-likeness (QED) is 0.672. The minimum atomic E-state index is -0.443. The van der Waals surface area contributed by atoms with Gasteiger partial charge in [-0.3, -0.25) is 9.78 Å². The Morgan fingerprint density at radius 2 is 2.00 bits per heavy atom. The van der Waals surface area contributed by atoms with E-state index in [1.807, 2.05) is 20.8 Å². The van der Waals surface area contributed by atoms with Crippen molar-refractivity contribution < 1.29 is 9.53 Å². The summed E-state index contributed by atoms with van der Waals surface area (Å²) < 4.78 is 4.89. The highest BCUT2D eigenvalue weighted by molar-refractivity contribution is 5.97. The first-order valence-electron chi connectivity index (χ1n) is 4.36. The molecule has 0 fully saturated rings. The fraction of sp³-hybridized carbons (Fsp3) is 0.500. The smallest absolute Gasteiger partial charge is 0.232 e. The van der Waals surface area contributed by atoms with Gasteiger partial charge >= 0.3 is 0 Å². The Bertz CT molecular complexity index is 342. The molecule has 0 spiro atoms. The number of ether oxygens (including phenoxy) is 1. The topological polar surface area (TPSA) is 52.1 Å². The van der Waals surface area contributed by atoms with E-state index >= 15 is 0 Å². The Morgan fingerprint density at radius 3 is 2.50 bits per heavy atom. The molecule has 1 aromatic rings. The molecule has 0 aliphatic rings. The monoisotopic (exact) mass is 194 g/mol. The van der Waals surface area contributed by atoms with Gasteiger partial charge in [0.05, 0.1) is 19.5 Å². The van der Waals surface area contributed by atoms with Crippen LogP contribution < -0.4 is 4.74 Å². The van der Waals surface area contributed by atoms with E-state index in [-0.39, 0.29) is 5.78 Å². The number of carbonyl (C=O) groups excluding carboxylic acids is 1. The van der Waals surface area contributed by atoms with Crippen LogP contribution >= 0.6 is 0 Å². The average Bonchev–Trinajstić information content (AvgIpc) is 2.15. The van der Waals surface area contributed by atoms with Crippen molar-refractivity contribution in [2.24, 2.45) is 5.41 Å². The Hall–Kier alpha value is -1.45. The molecule has 1 rings (SSSR count). The van der Waals surface area contributed by atoms with Crippen LogP contribution in [0.1, 0.15) is 31.3 Å². The molecule has 0 saturated carbocycles. The molecule has 0 saturated heterocycles. The number of Topliss-reactive ketones (excluding diaryl/α,β-unsaturated/α-hetero) is 1. The zero-order valence-corrected chi connectivity index (χ0v) is 8.87. The van der Waals surface area contributed by atoms with Crippen molar-refractivity contribution >= 4 is 5.78 Å². The Morgan fingerprint density at radius 1 is 1.36 bits per heavy atom. The second-order valence-corrected chi connectivity index (χ2v) is 4.03. The van der Waals surface area contributed by atoms with Crippen LogP contribution in [0, 0.1) is 5.41 Å². The zero-order chi connectivity index (χ0) is 10.8. The van der Waals surface area contributed by atoms with Crippen LogP contribution in [0.15, 0.2) is 12.4 Å². The van der Waals surface area contributed by atoms with Gasteiger partial charge in [-0.15, -0.1) is 0 Å². The molecule has 4 nitrogen and oxygen atoms in total. The zero-order valence-electron chi connectivity index (χ0n) is 8.87. The van der Waals surface area contributed by atoms with Gasteiger partial charge in [-0.25, -0.2) is 4.98 Å². The largest absolute Gasteiger partial charge is 0.480 e. The van der Waals surface area contributed by atoms with E-state index in [1.165, 1.54) is 19.5 Å². The first-order chi connectivity index (χ1) is 6.45. The summed E-state index contributed by atoms with van der Waals surface area (Å²) in [7, 11) is 1.50. The molecule has 0 bridgehead atoms. The minimum Gasteiger partial charge on any atom is -0.480 e. The summed E-state index contributed by atoms with van der Waals surface area (Å²) in [5.74, 6) is 0.323. The van der Waals surface area contributed by atoms with E-state index in [4.69, 9.17) is 4.74 Å². The van der Waals surface area contributed by atoms with Gasteiger partial charge in [0.25, 0.3) is 0 Å². The number of nitrogens with zero attached hydrogens (tertiary/aromatic N) is 2. The van der Waals surface area contributed by atoms with Crippen LogP contribution in [0.5, 0.6) is 5.88 Å². The van der Waals surface area contributed by atoms with Gasteiger partial charge in [0.2, 0.25) is 5.88 Å². The van der Waals surface area contributed by atoms with Crippen LogP contribution in [-0.4, -0.2) is 22.9 Å². The summed E-state index contributed by atoms with van der Waals surface area (Å²) >= 11 is 0. The van der Waals surface area contributed by atoms with Crippen molar-refractivity contribution in [1.82, 2.24) is 9.97 Å². The second-order valence-electron chi connectivity index (χ2n) is 4.03. The molecular weight excluding hydrogens is 180 g/mol. The molecule has 0 N–H and O–H groups in total. The second kappa shape index (κ2) is 3.74. The van der Waals surface area contributed by atoms with Crippen molar-refractivity contribution in [3.8, 4) is 5.88 Å². The van der Waals surface area contributed by atoms with Crippen LogP contribution in [0.25, 0.3) is 0 Å². The fourth-order valence-electron chi connectivity index (χ4n) is 0.940. The summed E-state index contributed by atoms with van der Waals surface area (Å²) in [6.07, 6.45) is 2.93. The van der Waals surface area contributed by atoms with Gasteiger partial charge in [-0.05, 0) is 0 Å². The van der Waals surface area contributed by atoms with Crippen molar-refractivity contribution in [2.45, 2.75) is 20.8 Å². The summed E-state index contributed by atoms with van der Waals surface area (Å²) in [5.41, 5.74) is -0.0991. The lowest BCUT2D eigenvalue weighted by molar-refractivity contribution is 0.0851. The molecule has 0 aliphatic carbocycles. The molecule has 14 heavy (non-hydrogen) atoms. The van der Waals surface area contributed by atoms with Crippen LogP contribution in [0.4, 0.5) is 0 Å². The number of carbonyl (C=O) groups is 1. The van der Waals surface area contributed by atoms with E-state index < -0.39 is 5.41 Å². The van der Waals surface area contributed by atoms with E-state index in [0.717, 1.165) is 0 Å². The van der Waals surface area contributed by atoms with Crippen molar-refractivity contribution in [3.63, 3.8) is 0 Å². The molecule has 76 valence electrons. The lowest BCUT2D eigenvalue weighted by Crippen LogP contribution is -2.21. The lowest BCUT2D eigenvalue weighted by Gasteiger charge is -2.15. The standard InChI is InChI=1S/C10H14N2O2/c1-10(2,3)9(13)7-5-11-6-8(12-7)14-4/h5-6H,1-4H3. The molecule has 0 atom stereocenters. The summed E-state index contributed by atoms with van der Waals surface area (Å²) in [6.45, 7) is 5.53. The molecule has 0 aliphatic heterocycles. The highest BCUT2D eigenvalue weighted by Gasteiger charge is 2.24. The van der Waals surface area contributed by atoms with Crippen LogP contribution in [0.3, 0.4) is 0 Å². The maximum absolute atomic E-state index is 11.8. The third-order valence-corrected chi connectivity index (χ3v) is 1.74. The molecule has 0 radical (unpaired) electrons. The fourth-order valence-corrected chi connectivity index (χ4v) is 0.940. The summed E-state index contributed by atoms with van der Waals surface area (Å²) in [5, 5.41) is 0. The van der Waals surface area contributed by atoms with Crippen molar-refractivity contribution in [1.29, 1.82) is 0 Å². The number of methoxy groups -OCH3 is 1. The van der Waals surface area contributed by atoms with Gasteiger partial charge in [0.1, 0.15) is 5.69 Å². The molecule has 1 aromatic heterocycles. The third-order valence-electron chi connectivity index (χ3n) is 1.74. The maximum Gasteiger partial charge on any atom is 0.232 e. The lowest BCUT2D eigenvalue weighted by atomic mass is 9.89. The van der Waals surface area contributed by atoms with E-state index in [1.54, 1.807) is 0 Å². The normalized spacial score (nSPS) is 11.1.